The Bertz CT molecular complexity index is 647. The fraction of sp³-hybridized carbons (Fsp3) is 0.500. The van der Waals surface area contributed by atoms with E-state index in [0.29, 0.717) is 22.8 Å². The van der Waals surface area contributed by atoms with Gasteiger partial charge in [0.15, 0.2) is 0 Å². The molecule has 0 N–H and O–H groups in total. The summed E-state index contributed by atoms with van der Waals surface area (Å²) in [5, 5.41) is 9.64. The molecule has 1 fully saturated rings. The van der Waals surface area contributed by atoms with Gasteiger partial charge in [0, 0.05) is 16.7 Å². The Hall–Kier alpha value is -0.720. The molecule has 4 nitrogen and oxygen atoms in total. The number of halogens is 2. The van der Waals surface area contributed by atoms with Gasteiger partial charge in [0.25, 0.3) is 5.22 Å². The predicted molar refractivity (Wildman–Crippen MR) is 95.5 cm³/mol. The Morgan fingerprint density at radius 2 is 2.09 bits per heavy atom. The highest BCUT2D eigenvalue weighted by Crippen LogP contribution is 2.33. The summed E-state index contributed by atoms with van der Waals surface area (Å²) in [6, 6.07) is 5.48. The molecule has 1 aliphatic rings. The van der Waals surface area contributed by atoms with Crippen molar-refractivity contribution < 1.29 is 9.15 Å². The Morgan fingerprint density at radius 3 is 2.87 bits per heavy atom. The van der Waals surface area contributed by atoms with Crippen molar-refractivity contribution in [3.05, 3.63) is 33.6 Å². The maximum absolute atomic E-state index is 5.91. The standard InChI is InChI=1S/C16H18BrClN2O2S/c17-13-10-12(18)6-7-14(13)21-8-9-23-16-20-19-15(22-16)11-4-2-1-3-5-11/h6-7,10-11H,1-5,8-9H2. The molecule has 0 atom stereocenters. The third kappa shape index (κ3) is 4.88. The Kier molecular flexibility index (Phi) is 6.25. The molecule has 1 aromatic carbocycles. The highest BCUT2D eigenvalue weighted by molar-refractivity contribution is 9.10. The van der Waals surface area contributed by atoms with Gasteiger partial charge in [0.1, 0.15) is 5.75 Å². The maximum Gasteiger partial charge on any atom is 0.276 e. The second-order valence-corrected chi connectivity index (χ2v) is 7.85. The second-order valence-electron chi connectivity index (χ2n) is 5.51. The first-order chi connectivity index (χ1) is 11.2. The normalized spacial score (nSPS) is 15.7. The lowest BCUT2D eigenvalue weighted by Gasteiger charge is -2.17. The van der Waals surface area contributed by atoms with Crippen LogP contribution >= 0.6 is 39.3 Å². The molecule has 1 saturated carbocycles. The zero-order chi connectivity index (χ0) is 16.1. The Balaban J connectivity index is 1.44. The average molecular weight is 418 g/mol. The summed E-state index contributed by atoms with van der Waals surface area (Å²) in [5.41, 5.74) is 0. The van der Waals surface area contributed by atoms with Crippen molar-refractivity contribution in [1.82, 2.24) is 10.2 Å². The van der Waals surface area contributed by atoms with Gasteiger partial charge in [-0.3, -0.25) is 0 Å². The quantitative estimate of drug-likeness (QED) is 0.445. The summed E-state index contributed by atoms with van der Waals surface area (Å²) in [6.45, 7) is 0.562. The van der Waals surface area contributed by atoms with Crippen LogP contribution < -0.4 is 4.74 Å². The van der Waals surface area contributed by atoms with Crippen LogP contribution in [0.2, 0.25) is 5.02 Å². The molecular formula is C16H18BrClN2O2S. The fourth-order valence-electron chi connectivity index (χ4n) is 2.67. The van der Waals surface area contributed by atoms with Crippen LogP contribution in [0.3, 0.4) is 0 Å². The van der Waals surface area contributed by atoms with Crippen LogP contribution in [-0.4, -0.2) is 22.6 Å². The lowest BCUT2D eigenvalue weighted by Crippen LogP contribution is -2.04. The second kappa shape index (κ2) is 8.40. The lowest BCUT2D eigenvalue weighted by molar-refractivity contribution is 0.331. The molecule has 0 amide bonds. The largest absolute Gasteiger partial charge is 0.492 e. The van der Waals surface area contributed by atoms with E-state index >= 15 is 0 Å². The molecule has 0 aliphatic heterocycles. The van der Waals surface area contributed by atoms with Gasteiger partial charge in [0.2, 0.25) is 5.89 Å². The van der Waals surface area contributed by atoms with Crippen LogP contribution in [0, 0.1) is 0 Å². The summed E-state index contributed by atoms with van der Waals surface area (Å²) in [6.07, 6.45) is 6.18. The Morgan fingerprint density at radius 1 is 1.26 bits per heavy atom. The van der Waals surface area contributed by atoms with Crippen LogP contribution in [0.4, 0.5) is 0 Å². The molecule has 1 aliphatic carbocycles. The molecule has 7 heteroatoms. The number of benzene rings is 1. The van der Waals surface area contributed by atoms with E-state index in [4.69, 9.17) is 20.8 Å². The van der Waals surface area contributed by atoms with Crippen molar-refractivity contribution in [2.75, 3.05) is 12.4 Å². The van der Waals surface area contributed by atoms with Crippen molar-refractivity contribution in [2.24, 2.45) is 0 Å². The van der Waals surface area contributed by atoms with E-state index < -0.39 is 0 Å². The van der Waals surface area contributed by atoms with Gasteiger partial charge in [-0.2, -0.15) is 0 Å². The van der Waals surface area contributed by atoms with Crippen LogP contribution in [0.1, 0.15) is 43.9 Å². The van der Waals surface area contributed by atoms with Gasteiger partial charge in [-0.05, 0) is 47.0 Å². The molecule has 1 heterocycles. The summed E-state index contributed by atoms with van der Waals surface area (Å²) < 4.78 is 12.3. The molecule has 0 unspecified atom stereocenters. The third-order valence-corrected chi connectivity index (χ3v) is 5.47. The molecule has 0 saturated heterocycles. The van der Waals surface area contributed by atoms with Crippen molar-refractivity contribution in [2.45, 2.75) is 43.2 Å². The van der Waals surface area contributed by atoms with Crippen molar-refractivity contribution >= 4 is 39.3 Å². The molecule has 3 rings (SSSR count). The first-order valence-electron chi connectivity index (χ1n) is 7.76. The first kappa shape index (κ1) is 17.1. The van der Waals surface area contributed by atoms with Gasteiger partial charge in [0.05, 0.1) is 11.1 Å². The van der Waals surface area contributed by atoms with Gasteiger partial charge in [-0.25, -0.2) is 0 Å². The first-order valence-corrected chi connectivity index (χ1v) is 9.92. The number of hydrogen-bond acceptors (Lipinski definition) is 5. The number of thioether (sulfide) groups is 1. The van der Waals surface area contributed by atoms with Crippen molar-refractivity contribution in [3.8, 4) is 5.75 Å². The maximum atomic E-state index is 5.91. The van der Waals surface area contributed by atoms with Gasteiger partial charge in [-0.1, -0.05) is 42.6 Å². The average Bonchev–Trinajstić information content (AvgIpc) is 3.03. The smallest absolute Gasteiger partial charge is 0.276 e. The molecule has 2 aromatic rings. The minimum Gasteiger partial charge on any atom is -0.492 e. The fourth-order valence-corrected chi connectivity index (χ4v) is 4.05. The Labute approximate surface area is 153 Å². The molecule has 0 radical (unpaired) electrons. The van der Waals surface area contributed by atoms with E-state index in [1.54, 1.807) is 0 Å². The van der Waals surface area contributed by atoms with E-state index in [2.05, 4.69) is 26.1 Å². The molecule has 1 aromatic heterocycles. The van der Waals surface area contributed by atoms with E-state index in [0.717, 1.165) is 21.9 Å². The van der Waals surface area contributed by atoms with Crippen LogP contribution in [0.15, 0.2) is 32.3 Å². The molecular weight excluding hydrogens is 400 g/mol. The minimum atomic E-state index is 0.451. The van der Waals surface area contributed by atoms with E-state index in [1.807, 2.05) is 18.2 Å². The highest BCUT2D eigenvalue weighted by Gasteiger charge is 2.21. The van der Waals surface area contributed by atoms with Crippen molar-refractivity contribution in [3.63, 3.8) is 0 Å². The van der Waals surface area contributed by atoms with Gasteiger partial charge in [-0.15, -0.1) is 10.2 Å². The molecule has 0 spiro atoms. The SMILES string of the molecule is Clc1ccc(OCCSc2nnc(C3CCCCC3)o2)c(Br)c1. The summed E-state index contributed by atoms with van der Waals surface area (Å²) in [7, 11) is 0. The summed E-state index contributed by atoms with van der Waals surface area (Å²) in [5.74, 6) is 2.78. The number of ether oxygens (including phenoxy) is 1. The van der Waals surface area contributed by atoms with Crippen LogP contribution in [0.5, 0.6) is 5.75 Å². The van der Waals surface area contributed by atoms with Gasteiger partial charge >= 0.3 is 0 Å². The zero-order valence-corrected chi connectivity index (χ0v) is 15.8. The monoisotopic (exact) mass is 416 g/mol. The van der Waals surface area contributed by atoms with Crippen LogP contribution in [-0.2, 0) is 0 Å². The summed E-state index contributed by atoms with van der Waals surface area (Å²) in [4.78, 5) is 0. The van der Waals surface area contributed by atoms with Crippen molar-refractivity contribution in [1.29, 1.82) is 0 Å². The zero-order valence-electron chi connectivity index (χ0n) is 12.6. The highest BCUT2D eigenvalue weighted by atomic mass is 79.9. The minimum absolute atomic E-state index is 0.451. The van der Waals surface area contributed by atoms with Crippen LogP contribution in [0.25, 0.3) is 0 Å². The predicted octanol–water partition coefficient (Wildman–Crippen LogP) is 5.70. The topological polar surface area (TPSA) is 48.2 Å². The number of rotatable bonds is 6. The number of nitrogens with zero attached hydrogens (tertiary/aromatic N) is 2. The molecule has 0 bridgehead atoms. The number of aromatic nitrogens is 2. The lowest BCUT2D eigenvalue weighted by atomic mass is 9.89. The van der Waals surface area contributed by atoms with E-state index in [-0.39, 0.29) is 0 Å². The summed E-state index contributed by atoms with van der Waals surface area (Å²) >= 11 is 10.9. The molecule has 124 valence electrons. The third-order valence-electron chi connectivity index (χ3n) is 3.84. The number of hydrogen-bond donors (Lipinski definition) is 0. The van der Waals surface area contributed by atoms with Gasteiger partial charge < -0.3 is 9.15 Å². The molecule has 23 heavy (non-hydrogen) atoms. The van der Waals surface area contributed by atoms with E-state index in [1.165, 1.54) is 43.9 Å². The van der Waals surface area contributed by atoms with E-state index in [9.17, 15) is 0 Å².